The highest BCUT2D eigenvalue weighted by Crippen LogP contribution is 2.15. The zero-order valence-corrected chi connectivity index (χ0v) is 13.4. The second-order valence-corrected chi connectivity index (χ2v) is 5.97. The average molecular weight is 305 g/mol. The van der Waals surface area contributed by atoms with Gasteiger partial charge in [-0.25, -0.2) is 0 Å². The standard InChI is InChI=1S/C16H27N5O/c1-2-17-16(18-6-5-15-4-3-11-22-15)19-12-14-13-20-7-9-21(14)10-8-20/h3-4,11,14H,2,5-10,12-13H2,1H3,(H2,17,18,19). The minimum absolute atomic E-state index is 0.572. The first-order valence-electron chi connectivity index (χ1n) is 8.36. The van der Waals surface area contributed by atoms with E-state index in [1.165, 1.54) is 26.2 Å². The van der Waals surface area contributed by atoms with Crippen molar-refractivity contribution >= 4 is 5.96 Å². The summed E-state index contributed by atoms with van der Waals surface area (Å²) in [5, 5.41) is 6.71. The van der Waals surface area contributed by atoms with E-state index < -0.39 is 0 Å². The van der Waals surface area contributed by atoms with E-state index in [1.807, 2.05) is 12.1 Å². The minimum Gasteiger partial charge on any atom is -0.469 e. The molecule has 1 atom stereocenters. The van der Waals surface area contributed by atoms with Crippen LogP contribution in [-0.4, -0.2) is 74.2 Å². The molecule has 0 aliphatic carbocycles. The second kappa shape index (κ2) is 7.65. The predicted molar refractivity (Wildman–Crippen MR) is 88.2 cm³/mol. The van der Waals surface area contributed by atoms with E-state index >= 15 is 0 Å². The van der Waals surface area contributed by atoms with Gasteiger partial charge in [-0.2, -0.15) is 0 Å². The van der Waals surface area contributed by atoms with Crippen LogP contribution in [0.3, 0.4) is 0 Å². The van der Waals surface area contributed by atoms with E-state index in [9.17, 15) is 0 Å². The van der Waals surface area contributed by atoms with Crippen molar-refractivity contribution in [2.24, 2.45) is 4.99 Å². The molecule has 1 unspecified atom stereocenters. The monoisotopic (exact) mass is 305 g/mol. The van der Waals surface area contributed by atoms with Crippen LogP contribution in [0, 0.1) is 0 Å². The van der Waals surface area contributed by atoms with Crippen molar-refractivity contribution in [1.29, 1.82) is 0 Å². The van der Waals surface area contributed by atoms with Crippen molar-refractivity contribution in [3.63, 3.8) is 0 Å². The van der Waals surface area contributed by atoms with Crippen molar-refractivity contribution < 1.29 is 4.42 Å². The molecule has 0 saturated carbocycles. The molecule has 3 aliphatic rings. The molecule has 0 amide bonds. The molecule has 122 valence electrons. The van der Waals surface area contributed by atoms with E-state index in [4.69, 9.17) is 9.41 Å². The molecule has 0 radical (unpaired) electrons. The van der Waals surface area contributed by atoms with E-state index in [-0.39, 0.29) is 0 Å². The number of fused-ring (bicyclic) bond motifs is 3. The fourth-order valence-electron chi connectivity index (χ4n) is 3.20. The Balaban J connectivity index is 1.47. The number of nitrogens with zero attached hydrogens (tertiary/aromatic N) is 3. The Bertz CT molecular complexity index is 465. The van der Waals surface area contributed by atoms with Gasteiger partial charge in [0.25, 0.3) is 0 Å². The minimum atomic E-state index is 0.572. The molecule has 1 aromatic heterocycles. The summed E-state index contributed by atoms with van der Waals surface area (Å²) in [4.78, 5) is 9.90. The average Bonchev–Trinajstić information content (AvgIpc) is 3.07. The molecular formula is C16H27N5O. The molecule has 1 aromatic rings. The SMILES string of the molecule is CCNC(=NCC1CN2CCN1CC2)NCCc1ccco1. The van der Waals surface area contributed by atoms with Gasteiger partial charge in [-0.05, 0) is 19.1 Å². The molecule has 2 bridgehead atoms. The second-order valence-electron chi connectivity index (χ2n) is 5.97. The molecular weight excluding hydrogens is 278 g/mol. The Morgan fingerprint density at radius 1 is 1.32 bits per heavy atom. The van der Waals surface area contributed by atoms with Crippen molar-refractivity contribution in [1.82, 2.24) is 20.4 Å². The molecule has 0 spiro atoms. The summed E-state index contributed by atoms with van der Waals surface area (Å²) in [6, 6.07) is 4.51. The molecule has 0 aromatic carbocycles. The zero-order chi connectivity index (χ0) is 15.2. The molecule has 3 saturated heterocycles. The molecule has 4 heterocycles. The van der Waals surface area contributed by atoms with Crippen LogP contribution in [0.1, 0.15) is 12.7 Å². The van der Waals surface area contributed by atoms with Crippen LogP contribution in [0.15, 0.2) is 27.8 Å². The van der Waals surface area contributed by atoms with Crippen LogP contribution in [-0.2, 0) is 6.42 Å². The van der Waals surface area contributed by atoms with Crippen molar-refractivity contribution in [2.45, 2.75) is 19.4 Å². The van der Waals surface area contributed by atoms with E-state index in [2.05, 4.69) is 27.4 Å². The highest BCUT2D eigenvalue weighted by atomic mass is 16.3. The quantitative estimate of drug-likeness (QED) is 0.588. The summed E-state index contributed by atoms with van der Waals surface area (Å²) in [6.45, 7) is 10.7. The Hall–Kier alpha value is -1.53. The van der Waals surface area contributed by atoms with Gasteiger partial charge in [0.05, 0.1) is 12.8 Å². The van der Waals surface area contributed by atoms with Gasteiger partial charge in [0.1, 0.15) is 5.76 Å². The van der Waals surface area contributed by atoms with E-state index in [0.29, 0.717) is 6.04 Å². The number of piperazine rings is 3. The van der Waals surface area contributed by atoms with Crippen LogP contribution in [0.2, 0.25) is 0 Å². The summed E-state index contributed by atoms with van der Waals surface area (Å²) in [7, 11) is 0. The maximum atomic E-state index is 5.35. The zero-order valence-electron chi connectivity index (χ0n) is 13.4. The first kappa shape index (κ1) is 15.4. The highest BCUT2D eigenvalue weighted by molar-refractivity contribution is 5.79. The summed E-state index contributed by atoms with van der Waals surface area (Å²) in [5.74, 6) is 1.92. The lowest BCUT2D eigenvalue weighted by Crippen LogP contribution is -2.62. The van der Waals surface area contributed by atoms with Gasteiger partial charge in [-0.15, -0.1) is 0 Å². The fraction of sp³-hybridized carbons (Fsp3) is 0.688. The molecule has 6 heteroatoms. The highest BCUT2D eigenvalue weighted by Gasteiger charge is 2.31. The smallest absolute Gasteiger partial charge is 0.191 e. The largest absolute Gasteiger partial charge is 0.469 e. The van der Waals surface area contributed by atoms with Crippen LogP contribution < -0.4 is 10.6 Å². The lowest BCUT2D eigenvalue weighted by molar-refractivity contribution is 0.0174. The fourth-order valence-corrected chi connectivity index (χ4v) is 3.20. The van der Waals surface area contributed by atoms with Crippen LogP contribution >= 0.6 is 0 Å². The third-order valence-electron chi connectivity index (χ3n) is 4.44. The van der Waals surface area contributed by atoms with Crippen LogP contribution in [0.4, 0.5) is 0 Å². The maximum Gasteiger partial charge on any atom is 0.191 e. The van der Waals surface area contributed by atoms with Crippen molar-refractivity contribution in [3.05, 3.63) is 24.2 Å². The van der Waals surface area contributed by atoms with Crippen LogP contribution in [0.25, 0.3) is 0 Å². The number of aliphatic imine (C=N–C) groups is 1. The van der Waals surface area contributed by atoms with Crippen molar-refractivity contribution in [2.75, 3.05) is 52.4 Å². The maximum absolute atomic E-state index is 5.35. The summed E-state index contributed by atoms with van der Waals surface area (Å²) in [6.07, 6.45) is 2.59. The molecule has 3 aliphatic heterocycles. The Morgan fingerprint density at radius 3 is 2.82 bits per heavy atom. The first-order valence-corrected chi connectivity index (χ1v) is 8.36. The van der Waals surface area contributed by atoms with Crippen molar-refractivity contribution in [3.8, 4) is 0 Å². The molecule has 3 fully saturated rings. The third kappa shape index (κ3) is 4.01. The van der Waals surface area contributed by atoms with Crippen LogP contribution in [0.5, 0.6) is 0 Å². The number of nitrogens with one attached hydrogen (secondary N) is 2. The van der Waals surface area contributed by atoms with Gasteiger partial charge in [0, 0.05) is 58.3 Å². The Labute approximate surface area is 132 Å². The summed E-state index contributed by atoms with van der Waals surface area (Å²) >= 11 is 0. The van der Waals surface area contributed by atoms with E-state index in [0.717, 1.165) is 44.3 Å². The predicted octanol–water partition coefficient (Wildman–Crippen LogP) is 0.377. The van der Waals surface area contributed by atoms with E-state index in [1.54, 1.807) is 6.26 Å². The number of hydrogen-bond acceptors (Lipinski definition) is 4. The van der Waals surface area contributed by atoms with Gasteiger partial charge < -0.3 is 15.1 Å². The lowest BCUT2D eigenvalue weighted by Gasteiger charge is -2.47. The number of hydrogen-bond donors (Lipinski definition) is 2. The molecule has 22 heavy (non-hydrogen) atoms. The van der Waals surface area contributed by atoms with Gasteiger partial charge in [-0.1, -0.05) is 0 Å². The number of furan rings is 1. The van der Waals surface area contributed by atoms with Gasteiger partial charge >= 0.3 is 0 Å². The lowest BCUT2D eigenvalue weighted by atomic mass is 10.1. The molecule has 6 nitrogen and oxygen atoms in total. The number of rotatable bonds is 6. The third-order valence-corrected chi connectivity index (χ3v) is 4.44. The van der Waals surface area contributed by atoms with Gasteiger partial charge in [0.15, 0.2) is 5.96 Å². The summed E-state index contributed by atoms with van der Waals surface area (Å²) in [5.41, 5.74) is 0. The van der Waals surface area contributed by atoms with Gasteiger partial charge in [0.2, 0.25) is 0 Å². The topological polar surface area (TPSA) is 56.0 Å². The summed E-state index contributed by atoms with van der Waals surface area (Å²) < 4.78 is 5.35. The Morgan fingerprint density at radius 2 is 2.18 bits per heavy atom. The molecule has 2 N–H and O–H groups in total. The Kier molecular flexibility index (Phi) is 5.34. The van der Waals surface area contributed by atoms with Gasteiger partial charge in [-0.3, -0.25) is 14.8 Å². The molecule has 4 rings (SSSR count). The first-order chi connectivity index (χ1) is 10.8. The normalized spacial score (nSPS) is 27.9. The number of guanidine groups is 1.